The summed E-state index contributed by atoms with van der Waals surface area (Å²) in [6.07, 6.45) is 4.76. The van der Waals surface area contributed by atoms with Crippen molar-refractivity contribution in [2.45, 2.75) is 78.3 Å². The van der Waals surface area contributed by atoms with E-state index in [1.54, 1.807) is 24.3 Å². The first kappa shape index (κ1) is 33.4. The van der Waals surface area contributed by atoms with Gasteiger partial charge in [-0.15, -0.1) is 0 Å². The van der Waals surface area contributed by atoms with Gasteiger partial charge in [-0.2, -0.15) is 0 Å². The molecular formula is C38H44N4O5. The van der Waals surface area contributed by atoms with Crippen LogP contribution >= 0.6 is 0 Å². The number of aryl methyl sites for hydroxylation is 1. The Kier molecular flexibility index (Phi) is 10.4. The van der Waals surface area contributed by atoms with E-state index in [4.69, 9.17) is 0 Å². The lowest BCUT2D eigenvalue weighted by molar-refractivity contribution is -0.130. The standard InChI is InChI=1S/C38H44N4O5/c1-5-24(4)39-36(44)29-15-17-31(23(3)18-29)26-12-8-25(9-13-26)19-33(42-35(43)27-10-6-22(2)7-11-27)37(45)40-30-16-14-28-20-34(38(46)47)41-32(28)21-30/h8-9,12-18,20-22,24,27,33,41H,5-7,10-11,19H2,1-4H3,(H,39,44)(H,40,45)(H,42,43)(H,46,47). The molecule has 1 heterocycles. The van der Waals surface area contributed by atoms with Gasteiger partial charge in [-0.25, -0.2) is 4.79 Å². The van der Waals surface area contributed by atoms with Gasteiger partial charge in [0.2, 0.25) is 11.8 Å². The van der Waals surface area contributed by atoms with Crippen molar-refractivity contribution >= 4 is 40.3 Å². The van der Waals surface area contributed by atoms with Gasteiger partial charge in [-0.05, 0) is 104 Å². The van der Waals surface area contributed by atoms with Gasteiger partial charge in [0.05, 0.1) is 0 Å². The van der Waals surface area contributed by atoms with Crippen molar-refractivity contribution < 1.29 is 24.3 Å². The number of rotatable bonds is 11. The Morgan fingerprint density at radius 1 is 0.915 bits per heavy atom. The van der Waals surface area contributed by atoms with Crippen LogP contribution in [0.4, 0.5) is 5.69 Å². The van der Waals surface area contributed by atoms with E-state index in [2.05, 4.69) is 27.9 Å². The zero-order chi connectivity index (χ0) is 33.7. The fourth-order valence-electron chi connectivity index (χ4n) is 6.16. The Labute approximate surface area is 275 Å². The Bertz CT molecular complexity index is 1770. The van der Waals surface area contributed by atoms with Crippen LogP contribution in [0.15, 0.2) is 66.7 Å². The number of carbonyl (C=O) groups is 4. The number of carbonyl (C=O) groups excluding carboxylic acids is 3. The van der Waals surface area contributed by atoms with Gasteiger partial charge in [0.25, 0.3) is 5.91 Å². The number of carboxylic acid groups (broad SMARTS) is 1. The van der Waals surface area contributed by atoms with Crippen LogP contribution in [-0.2, 0) is 16.0 Å². The van der Waals surface area contributed by atoms with Crippen molar-refractivity contribution in [3.63, 3.8) is 0 Å². The van der Waals surface area contributed by atoms with Crippen LogP contribution in [0.5, 0.6) is 0 Å². The number of hydrogen-bond donors (Lipinski definition) is 5. The van der Waals surface area contributed by atoms with Crippen LogP contribution in [0.25, 0.3) is 22.0 Å². The van der Waals surface area contributed by atoms with Crippen molar-refractivity contribution in [1.29, 1.82) is 0 Å². The zero-order valence-corrected chi connectivity index (χ0v) is 27.5. The normalized spacial score (nSPS) is 17.4. The molecule has 246 valence electrons. The maximum atomic E-state index is 13.7. The molecule has 4 aromatic rings. The molecule has 9 nitrogen and oxygen atoms in total. The lowest BCUT2D eigenvalue weighted by Gasteiger charge is -2.27. The summed E-state index contributed by atoms with van der Waals surface area (Å²) in [5, 5.41) is 19.0. The van der Waals surface area contributed by atoms with Crippen LogP contribution in [0.2, 0.25) is 0 Å². The van der Waals surface area contributed by atoms with E-state index in [-0.39, 0.29) is 35.4 Å². The first-order chi connectivity index (χ1) is 22.5. The summed E-state index contributed by atoms with van der Waals surface area (Å²) >= 11 is 0. The summed E-state index contributed by atoms with van der Waals surface area (Å²) in [5.74, 6) is -1.12. The van der Waals surface area contributed by atoms with Crippen LogP contribution in [0, 0.1) is 18.8 Å². The van der Waals surface area contributed by atoms with E-state index in [9.17, 15) is 24.3 Å². The fourth-order valence-corrected chi connectivity index (χ4v) is 6.16. The fraction of sp³-hybridized carbons (Fsp3) is 0.368. The van der Waals surface area contributed by atoms with Crippen LogP contribution in [0.3, 0.4) is 0 Å². The summed E-state index contributed by atoms with van der Waals surface area (Å²) < 4.78 is 0. The van der Waals surface area contributed by atoms with Gasteiger partial charge < -0.3 is 26.0 Å². The molecule has 47 heavy (non-hydrogen) atoms. The second kappa shape index (κ2) is 14.7. The summed E-state index contributed by atoms with van der Waals surface area (Å²) in [6.45, 7) is 8.20. The Morgan fingerprint density at radius 3 is 2.30 bits per heavy atom. The van der Waals surface area contributed by atoms with Crippen LogP contribution in [-0.4, -0.2) is 45.9 Å². The molecule has 9 heteroatoms. The predicted molar refractivity (Wildman–Crippen MR) is 184 cm³/mol. The summed E-state index contributed by atoms with van der Waals surface area (Å²) in [5.41, 5.74) is 5.65. The number of hydrogen-bond acceptors (Lipinski definition) is 4. The van der Waals surface area contributed by atoms with Gasteiger partial charge in [0, 0.05) is 40.5 Å². The number of aromatic carboxylic acids is 1. The summed E-state index contributed by atoms with van der Waals surface area (Å²) in [6, 6.07) is 19.6. The second-order valence-electron chi connectivity index (χ2n) is 13.0. The van der Waals surface area contributed by atoms with Gasteiger partial charge in [-0.3, -0.25) is 14.4 Å². The second-order valence-corrected chi connectivity index (χ2v) is 13.0. The Hall–Kier alpha value is -4.92. The molecular weight excluding hydrogens is 592 g/mol. The molecule has 1 saturated carbocycles. The van der Waals surface area contributed by atoms with Gasteiger partial charge in [0.1, 0.15) is 11.7 Å². The minimum atomic E-state index is -1.06. The third-order valence-electron chi connectivity index (χ3n) is 9.32. The number of amides is 3. The van der Waals surface area contributed by atoms with E-state index in [0.29, 0.717) is 29.1 Å². The summed E-state index contributed by atoms with van der Waals surface area (Å²) in [7, 11) is 0. The van der Waals surface area contributed by atoms with Crippen molar-refractivity contribution in [2.75, 3.05) is 5.32 Å². The number of aromatic nitrogens is 1. The smallest absolute Gasteiger partial charge is 0.352 e. The number of fused-ring (bicyclic) bond motifs is 1. The largest absolute Gasteiger partial charge is 0.477 e. The predicted octanol–water partition coefficient (Wildman–Crippen LogP) is 6.86. The molecule has 1 fully saturated rings. The molecule has 1 aromatic heterocycles. The molecule has 1 aliphatic rings. The van der Waals surface area contributed by atoms with Crippen molar-refractivity contribution in [3.05, 3.63) is 89.1 Å². The number of benzene rings is 3. The van der Waals surface area contributed by atoms with E-state index in [1.165, 1.54) is 0 Å². The first-order valence-electron chi connectivity index (χ1n) is 16.5. The van der Waals surface area contributed by atoms with Crippen LogP contribution in [0.1, 0.15) is 84.8 Å². The SMILES string of the molecule is CCC(C)NC(=O)c1ccc(-c2ccc(CC(NC(=O)C3CCC(C)CC3)C(=O)Nc3ccc4cc(C(=O)O)[nH]c4c3)cc2)c(C)c1. The molecule has 0 radical (unpaired) electrons. The molecule has 3 amide bonds. The molecule has 1 aliphatic carbocycles. The molecule has 2 atom stereocenters. The number of H-pyrrole nitrogens is 1. The lowest BCUT2D eigenvalue weighted by atomic mass is 9.82. The van der Waals surface area contributed by atoms with Gasteiger partial charge in [-0.1, -0.05) is 50.2 Å². The third-order valence-corrected chi connectivity index (χ3v) is 9.32. The highest BCUT2D eigenvalue weighted by molar-refractivity contribution is 6.00. The minimum absolute atomic E-state index is 0.0668. The summed E-state index contributed by atoms with van der Waals surface area (Å²) in [4.78, 5) is 53.9. The van der Waals surface area contributed by atoms with E-state index >= 15 is 0 Å². The third kappa shape index (κ3) is 8.27. The molecule has 0 aliphatic heterocycles. The Morgan fingerprint density at radius 2 is 1.64 bits per heavy atom. The maximum absolute atomic E-state index is 13.7. The molecule has 0 spiro atoms. The zero-order valence-electron chi connectivity index (χ0n) is 27.5. The molecule has 5 rings (SSSR count). The van der Waals surface area contributed by atoms with Gasteiger partial charge in [0.15, 0.2) is 0 Å². The average molecular weight is 637 g/mol. The number of carboxylic acids is 1. The number of nitrogens with one attached hydrogen (secondary N) is 4. The van der Waals surface area contributed by atoms with E-state index in [1.807, 2.05) is 63.2 Å². The highest BCUT2D eigenvalue weighted by Gasteiger charge is 2.29. The van der Waals surface area contributed by atoms with E-state index < -0.39 is 12.0 Å². The maximum Gasteiger partial charge on any atom is 0.352 e. The van der Waals surface area contributed by atoms with E-state index in [0.717, 1.165) is 59.7 Å². The van der Waals surface area contributed by atoms with Crippen LogP contribution < -0.4 is 16.0 Å². The quantitative estimate of drug-likeness (QED) is 0.122. The topological polar surface area (TPSA) is 140 Å². The highest BCUT2D eigenvalue weighted by atomic mass is 16.4. The van der Waals surface area contributed by atoms with Gasteiger partial charge >= 0.3 is 5.97 Å². The lowest BCUT2D eigenvalue weighted by Crippen LogP contribution is -2.47. The average Bonchev–Trinajstić information content (AvgIpc) is 3.49. The minimum Gasteiger partial charge on any atom is -0.477 e. The first-order valence-corrected chi connectivity index (χ1v) is 16.5. The number of anilines is 1. The van der Waals surface area contributed by atoms with Crippen molar-refractivity contribution in [2.24, 2.45) is 11.8 Å². The monoisotopic (exact) mass is 636 g/mol. The molecule has 5 N–H and O–H groups in total. The Balaban J connectivity index is 1.33. The molecule has 0 saturated heterocycles. The molecule has 0 bridgehead atoms. The molecule has 2 unspecified atom stereocenters. The van der Waals surface area contributed by atoms with Crippen molar-refractivity contribution in [1.82, 2.24) is 15.6 Å². The van der Waals surface area contributed by atoms with Crippen molar-refractivity contribution in [3.8, 4) is 11.1 Å². The number of aromatic amines is 1. The molecule has 3 aromatic carbocycles. The highest BCUT2D eigenvalue weighted by Crippen LogP contribution is 2.29.